The first-order chi connectivity index (χ1) is 13.5. The van der Waals surface area contributed by atoms with E-state index in [1.807, 2.05) is 42.6 Å². The van der Waals surface area contributed by atoms with Crippen molar-refractivity contribution in [3.8, 4) is 11.5 Å². The van der Waals surface area contributed by atoms with Gasteiger partial charge in [-0.3, -0.25) is 4.68 Å². The van der Waals surface area contributed by atoms with E-state index < -0.39 is 0 Å². The van der Waals surface area contributed by atoms with E-state index in [9.17, 15) is 0 Å². The van der Waals surface area contributed by atoms with Crippen LogP contribution in [-0.2, 0) is 6.54 Å². The number of hydrogen-bond acceptors (Lipinski definition) is 4. The highest BCUT2D eigenvalue weighted by Crippen LogP contribution is 2.29. The lowest BCUT2D eigenvalue weighted by atomic mass is 10.2. The maximum atomic E-state index is 6.23. The molecule has 1 aromatic heterocycles. The van der Waals surface area contributed by atoms with Gasteiger partial charge in [-0.2, -0.15) is 5.10 Å². The van der Waals surface area contributed by atoms with Crippen molar-refractivity contribution in [3.63, 3.8) is 0 Å². The molecule has 28 heavy (non-hydrogen) atoms. The predicted octanol–water partition coefficient (Wildman–Crippen LogP) is 5.17. The summed E-state index contributed by atoms with van der Waals surface area (Å²) in [4.78, 5) is 0. The predicted molar refractivity (Wildman–Crippen MR) is 120 cm³/mol. The molecule has 0 unspecified atom stereocenters. The van der Waals surface area contributed by atoms with Gasteiger partial charge in [0.05, 0.1) is 30.9 Å². The van der Waals surface area contributed by atoms with Crippen LogP contribution >= 0.6 is 39.7 Å². The third kappa shape index (κ3) is 4.95. The zero-order valence-electron chi connectivity index (χ0n) is 15.2. The molecule has 0 fully saturated rings. The monoisotopic (exact) mass is 480 g/mol. The number of ether oxygens (including phenoxy) is 2. The van der Waals surface area contributed by atoms with Crippen molar-refractivity contribution < 1.29 is 9.47 Å². The molecule has 0 radical (unpaired) electrons. The van der Waals surface area contributed by atoms with Crippen molar-refractivity contribution in [1.29, 1.82) is 0 Å². The van der Waals surface area contributed by atoms with Crippen LogP contribution in [-0.4, -0.2) is 29.1 Å². The molecule has 0 amide bonds. The quantitative estimate of drug-likeness (QED) is 0.474. The fourth-order valence-corrected chi connectivity index (χ4v) is 3.34. The van der Waals surface area contributed by atoms with Gasteiger partial charge in [0.1, 0.15) is 11.5 Å². The molecular formula is C19H18BrClN4O2S. The molecular weight excluding hydrogens is 464 g/mol. The van der Waals surface area contributed by atoms with E-state index >= 15 is 0 Å². The number of rotatable bonds is 6. The van der Waals surface area contributed by atoms with Crippen LogP contribution < -0.4 is 20.1 Å². The van der Waals surface area contributed by atoms with Crippen LogP contribution in [0.3, 0.4) is 0 Å². The molecule has 0 aliphatic heterocycles. The zero-order chi connectivity index (χ0) is 20.1. The largest absolute Gasteiger partial charge is 0.497 e. The fourth-order valence-electron chi connectivity index (χ4n) is 2.53. The lowest BCUT2D eigenvalue weighted by Gasteiger charge is -2.13. The molecule has 9 heteroatoms. The average molecular weight is 482 g/mol. The molecule has 0 bridgehead atoms. The van der Waals surface area contributed by atoms with Crippen LogP contribution in [0.5, 0.6) is 11.5 Å². The molecule has 2 aromatic carbocycles. The molecule has 0 atom stereocenters. The van der Waals surface area contributed by atoms with Crippen molar-refractivity contribution in [2.75, 3.05) is 24.9 Å². The third-order valence-electron chi connectivity index (χ3n) is 3.90. The third-order valence-corrected chi connectivity index (χ3v) is 5.05. The van der Waals surface area contributed by atoms with Gasteiger partial charge in [-0.15, -0.1) is 0 Å². The minimum Gasteiger partial charge on any atom is -0.497 e. The summed E-state index contributed by atoms with van der Waals surface area (Å²) in [5, 5.41) is 11.8. The lowest BCUT2D eigenvalue weighted by Crippen LogP contribution is -2.20. The number of halogens is 2. The lowest BCUT2D eigenvalue weighted by molar-refractivity contribution is 0.395. The maximum absolute atomic E-state index is 6.23. The second-order valence-corrected chi connectivity index (χ2v) is 7.43. The minimum absolute atomic E-state index is 0.382. The highest BCUT2D eigenvalue weighted by molar-refractivity contribution is 9.10. The van der Waals surface area contributed by atoms with Crippen LogP contribution in [0.25, 0.3) is 0 Å². The Labute approximate surface area is 181 Å². The summed E-state index contributed by atoms with van der Waals surface area (Å²) < 4.78 is 13.1. The molecule has 0 aliphatic carbocycles. The van der Waals surface area contributed by atoms with Crippen LogP contribution in [0.4, 0.5) is 11.5 Å². The molecule has 0 saturated carbocycles. The van der Waals surface area contributed by atoms with Gasteiger partial charge in [-0.1, -0.05) is 29.8 Å². The number of nitrogens with one attached hydrogen (secondary N) is 2. The Balaban J connectivity index is 1.69. The first-order valence-corrected chi connectivity index (χ1v) is 9.84. The van der Waals surface area contributed by atoms with Crippen molar-refractivity contribution in [2.24, 2.45) is 0 Å². The molecule has 2 N–H and O–H groups in total. The number of thiocarbonyl (C=S) groups is 1. The Morgan fingerprint density at radius 1 is 1.18 bits per heavy atom. The zero-order valence-corrected chi connectivity index (χ0v) is 18.4. The SMILES string of the molecule is COc1ccc(NC(=S)Nc2nn(Cc3ccccc3Cl)cc2Br)c(OC)c1. The van der Waals surface area contributed by atoms with Crippen LogP contribution in [0.2, 0.25) is 5.02 Å². The van der Waals surface area contributed by atoms with Crippen molar-refractivity contribution in [1.82, 2.24) is 9.78 Å². The van der Waals surface area contributed by atoms with E-state index in [-0.39, 0.29) is 0 Å². The van der Waals surface area contributed by atoms with Crippen molar-refractivity contribution in [2.45, 2.75) is 6.54 Å². The number of benzene rings is 2. The Hall–Kier alpha value is -2.29. The molecule has 0 aliphatic rings. The highest BCUT2D eigenvalue weighted by atomic mass is 79.9. The van der Waals surface area contributed by atoms with Gasteiger partial charge in [-0.05, 0) is 51.9 Å². The van der Waals surface area contributed by atoms with E-state index in [1.165, 1.54) is 0 Å². The minimum atomic E-state index is 0.382. The number of nitrogens with zero attached hydrogens (tertiary/aromatic N) is 2. The van der Waals surface area contributed by atoms with Gasteiger partial charge >= 0.3 is 0 Å². The molecule has 3 aromatic rings. The normalized spacial score (nSPS) is 10.4. The summed E-state index contributed by atoms with van der Waals surface area (Å²) in [6, 6.07) is 13.1. The van der Waals surface area contributed by atoms with Gasteiger partial charge in [0.2, 0.25) is 0 Å². The van der Waals surface area contributed by atoms with Crippen molar-refractivity contribution >= 4 is 56.4 Å². The Kier molecular flexibility index (Phi) is 6.77. The number of anilines is 2. The first kappa shape index (κ1) is 20.4. The van der Waals surface area contributed by atoms with E-state index in [4.69, 9.17) is 33.3 Å². The van der Waals surface area contributed by atoms with E-state index in [1.54, 1.807) is 25.0 Å². The van der Waals surface area contributed by atoms with E-state index in [2.05, 4.69) is 31.7 Å². The second-order valence-electron chi connectivity index (χ2n) is 5.76. The summed E-state index contributed by atoms with van der Waals surface area (Å²) in [5.41, 5.74) is 1.70. The Morgan fingerprint density at radius 2 is 1.96 bits per heavy atom. The van der Waals surface area contributed by atoms with Gasteiger partial charge in [0.15, 0.2) is 10.9 Å². The fraction of sp³-hybridized carbons (Fsp3) is 0.158. The van der Waals surface area contributed by atoms with E-state index in [0.29, 0.717) is 39.7 Å². The number of methoxy groups -OCH3 is 2. The Morgan fingerprint density at radius 3 is 2.68 bits per heavy atom. The van der Waals surface area contributed by atoms with Gasteiger partial charge in [0, 0.05) is 17.3 Å². The topological polar surface area (TPSA) is 60.3 Å². The van der Waals surface area contributed by atoms with Crippen LogP contribution in [0.1, 0.15) is 5.56 Å². The van der Waals surface area contributed by atoms with Gasteiger partial charge in [0.25, 0.3) is 0 Å². The number of hydrogen-bond donors (Lipinski definition) is 2. The standard InChI is InChI=1S/C19H18BrClN4O2S/c1-26-13-7-8-16(17(9-13)27-2)22-19(28)23-18-14(20)11-25(24-18)10-12-5-3-4-6-15(12)21/h3-9,11H,10H2,1-2H3,(H2,22,23,24,28). The summed E-state index contributed by atoms with van der Waals surface area (Å²) in [6.45, 7) is 0.548. The highest BCUT2D eigenvalue weighted by Gasteiger charge is 2.12. The van der Waals surface area contributed by atoms with Gasteiger partial charge in [-0.25, -0.2) is 0 Å². The molecule has 0 spiro atoms. The first-order valence-electron chi connectivity index (χ1n) is 8.26. The summed E-state index contributed by atoms with van der Waals surface area (Å²) in [6.07, 6.45) is 1.86. The summed E-state index contributed by atoms with van der Waals surface area (Å²) in [7, 11) is 3.19. The number of aromatic nitrogens is 2. The van der Waals surface area contributed by atoms with Crippen LogP contribution in [0.15, 0.2) is 53.1 Å². The second kappa shape index (κ2) is 9.27. The molecule has 146 valence electrons. The van der Waals surface area contributed by atoms with Crippen LogP contribution in [0, 0.1) is 0 Å². The molecule has 0 saturated heterocycles. The Bertz CT molecular complexity index is 996. The summed E-state index contributed by atoms with van der Waals surface area (Å²) in [5.74, 6) is 1.91. The molecule has 3 rings (SSSR count). The van der Waals surface area contributed by atoms with Crippen molar-refractivity contribution in [3.05, 3.63) is 63.7 Å². The maximum Gasteiger partial charge on any atom is 0.176 e. The smallest absolute Gasteiger partial charge is 0.176 e. The molecule has 6 nitrogen and oxygen atoms in total. The van der Waals surface area contributed by atoms with E-state index in [0.717, 1.165) is 10.0 Å². The molecule has 1 heterocycles. The summed E-state index contributed by atoms with van der Waals surface area (Å²) >= 11 is 15.1. The van der Waals surface area contributed by atoms with Gasteiger partial charge < -0.3 is 20.1 Å². The average Bonchev–Trinajstić information content (AvgIpc) is 3.02.